The smallest absolute Gasteiger partial charge is 0.322 e. The van der Waals surface area contributed by atoms with Gasteiger partial charge in [-0.1, -0.05) is 30.3 Å². The van der Waals surface area contributed by atoms with Crippen LogP contribution >= 0.6 is 0 Å². The van der Waals surface area contributed by atoms with E-state index in [0.717, 1.165) is 29.6 Å². The zero-order chi connectivity index (χ0) is 14.9. The van der Waals surface area contributed by atoms with Crippen molar-refractivity contribution in [2.24, 2.45) is 0 Å². The second-order valence-electron chi connectivity index (χ2n) is 5.61. The predicted octanol–water partition coefficient (Wildman–Crippen LogP) is 3.76. The normalized spacial score (nSPS) is 13.9. The highest BCUT2D eigenvalue weighted by atomic mass is 16.2. The number of H-pyrrole nitrogens is 1. The number of aromatic amines is 1. The third-order valence-corrected chi connectivity index (χ3v) is 4.25. The van der Waals surface area contributed by atoms with E-state index in [0.29, 0.717) is 6.54 Å². The lowest BCUT2D eigenvalue weighted by Crippen LogP contribution is -2.38. The summed E-state index contributed by atoms with van der Waals surface area (Å²) in [5.74, 6) is 0. The van der Waals surface area contributed by atoms with Gasteiger partial charge in [0.05, 0.1) is 5.69 Å². The van der Waals surface area contributed by atoms with Gasteiger partial charge in [-0.05, 0) is 35.7 Å². The minimum absolute atomic E-state index is 0.0387. The Morgan fingerprint density at radius 3 is 2.82 bits per heavy atom. The first-order valence-electron chi connectivity index (χ1n) is 7.50. The molecule has 0 spiro atoms. The average molecular weight is 291 g/mol. The van der Waals surface area contributed by atoms with E-state index in [-0.39, 0.29) is 6.03 Å². The summed E-state index contributed by atoms with van der Waals surface area (Å²) in [6.07, 6.45) is 2.80. The van der Waals surface area contributed by atoms with Gasteiger partial charge in [0.15, 0.2) is 0 Å². The maximum atomic E-state index is 12.5. The summed E-state index contributed by atoms with van der Waals surface area (Å²) in [7, 11) is 0. The monoisotopic (exact) mass is 291 g/mol. The SMILES string of the molecule is O=C(Nc1cccc2[nH]ccc12)N1CCc2ccccc2C1. The van der Waals surface area contributed by atoms with Crippen LogP contribution < -0.4 is 5.32 Å². The third kappa shape index (κ3) is 2.22. The molecule has 0 atom stereocenters. The minimum atomic E-state index is -0.0387. The highest BCUT2D eigenvalue weighted by Crippen LogP contribution is 2.24. The molecular weight excluding hydrogens is 274 g/mol. The molecule has 1 aromatic heterocycles. The van der Waals surface area contributed by atoms with Crippen molar-refractivity contribution in [3.8, 4) is 0 Å². The molecule has 4 nitrogen and oxygen atoms in total. The van der Waals surface area contributed by atoms with Gasteiger partial charge in [0, 0.05) is 30.2 Å². The molecule has 110 valence electrons. The van der Waals surface area contributed by atoms with Gasteiger partial charge in [0.2, 0.25) is 0 Å². The highest BCUT2D eigenvalue weighted by Gasteiger charge is 2.20. The van der Waals surface area contributed by atoms with E-state index < -0.39 is 0 Å². The topological polar surface area (TPSA) is 48.1 Å². The standard InChI is InChI=1S/C18H17N3O/c22-18(20-17-7-3-6-16-15(17)8-10-19-16)21-11-9-13-4-1-2-5-14(13)12-21/h1-8,10,19H,9,11-12H2,(H,20,22). The lowest BCUT2D eigenvalue weighted by molar-refractivity contribution is 0.206. The van der Waals surface area contributed by atoms with Gasteiger partial charge in [-0.2, -0.15) is 0 Å². The fourth-order valence-corrected chi connectivity index (χ4v) is 3.06. The van der Waals surface area contributed by atoms with E-state index in [4.69, 9.17) is 0 Å². The number of nitrogens with one attached hydrogen (secondary N) is 2. The molecule has 0 radical (unpaired) electrons. The summed E-state index contributed by atoms with van der Waals surface area (Å²) < 4.78 is 0. The predicted molar refractivity (Wildman–Crippen MR) is 87.9 cm³/mol. The molecule has 3 aromatic rings. The molecule has 0 saturated carbocycles. The molecule has 2 N–H and O–H groups in total. The summed E-state index contributed by atoms with van der Waals surface area (Å²) in [4.78, 5) is 17.6. The molecule has 4 heteroatoms. The Balaban J connectivity index is 1.55. The van der Waals surface area contributed by atoms with Crippen LogP contribution in [-0.2, 0) is 13.0 Å². The van der Waals surface area contributed by atoms with E-state index in [1.54, 1.807) is 0 Å². The fourth-order valence-electron chi connectivity index (χ4n) is 3.06. The number of nitrogens with zero attached hydrogens (tertiary/aromatic N) is 1. The maximum absolute atomic E-state index is 12.5. The molecule has 0 aliphatic carbocycles. The number of anilines is 1. The van der Waals surface area contributed by atoms with E-state index in [2.05, 4.69) is 28.5 Å². The molecule has 4 rings (SSSR count). The lowest BCUT2D eigenvalue weighted by atomic mass is 10.0. The summed E-state index contributed by atoms with van der Waals surface area (Å²) in [6, 6.07) is 16.2. The Hall–Kier alpha value is -2.75. The van der Waals surface area contributed by atoms with Crippen molar-refractivity contribution in [2.45, 2.75) is 13.0 Å². The first-order valence-corrected chi connectivity index (χ1v) is 7.50. The van der Waals surface area contributed by atoms with Crippen LogP contribution in [0.1, 0.15) is 11.1 Å². The van der Waals surface area contributed by atoms with E-state index in [1.807, 2.05) is 41.4 Å². The van der Waals surface area contributed by atoms with Gasteiger partial charge in [-0.3, -0.25) is 0 Å². The van der Waals surface area contributed by atoms with Gasteiger partial charge in [0.25, 0.3) is 0 Å². The Labute approximate surface area is 128 Å². The number of carbonyl (C=O) groups excluding carboxylic acids is 1. The highest BCUT2D eigenvalue weighted by molar-refractivity contribution is 6.00. The molecule has 0 unspecified atom stereocenters. The number of aromatic nitrogens is 1. The lowest BCUT2D eigenvalue weighted by Gasteiger charge is -2.29. The van der Waals surface area contributed by atoms with Gasteiger partial charge in [-0.15, -0.1) is 0 Å². The molecular formula is C18H17N3O. The number of rotatable bonds is 1. The first-order chi connectivity index (χ1) is 10.8. The summed E-state index contributed by atoms with van der Waals surface area (Å²) in [5, 5.41) is 4.07. The Morgan fingerprint density at radius 2 is 1.91 bits per heavy atom. The van der Waals surface area contributed by atoms with Gasteiger partial charge >= 0.3 is 6.03 Å². The summed E-state index contributed by atoms with van der Waals surface area (Å²) in [6.45, 7) is 1.43. The van der Waals surface area contributed by atoms with Crippen molar-refractivity contribution in [3.63, 3.8) is 0 Å². The zero-order valence-electron chi connectivity index (χ0n) is 12.2. The minimum Gasteiger partial charge on any atom is -0.361 e. The van der Waals surface area contributed by atoms with E-state index in [9.17, 15) is 4.79 Å². The average Bonchev–Trinajstić information content (AvgIpc) is 3.04. The van der Waals surface area contributed by atoms with Crippen molar-refractivity contribution < 1.29 is 4.79 Å². The quantitative estimate of drug-likeness (QED) is 0.704. The molecule has 2 amide bonds. The molecule has 0 fully saturated rings. The zero-order valence-corrected chi connectivity index (χ0v) is 12.2. The van der Waals surface area contributed by atoms with Crippen LogP contribution in [0.15, 0.2) is 54.7 Å². The third-order valence-electron chi connectivity index (χ3n) is 4.25. The Kier molecular flexibility index (Phi) is 3.07. The van der Waals surface area contributed by atoms with Crippen LogP contribution in [0.4, 0.5) is 10.5 Å². The van der Waals surface area contributed by atoms with E-state index >= 15 is 0 Å². The van der Waals surface area contributed by atoms with E-state index in [1.165, 1.54) is 11.1 Å². The molecule has 2 heterocycles. The number of hydrogen-bond acceptors (Lipinski definition) is 1. The van der Waals surface area contributed by atoms with Crippen molar-refractivity contribution in [1.82, 2.24) is 9.88 Å². The molecule has 0 bridgehead atoms. The number of fused-ring (bicyclic) bond motifs is 2. The molecule has 1 aliphatic heterocycles. The van der Waals surface area contributed by atoms with Crippen LogP contribution in [0.25, 0.3) is 10.9 Å². The molecule has 0 saturated heterocycles. The number of hydrogen-bond donors (Lipinski definition) is 2. The van der Waals surface area contributed by atoms with Crippen LogP contribution in [0, 0.1) is 0 Å². The Bertz CT molecular complexity index is 837. The van der Waals surface area contributed by atoms with Gasteiger partial charge in [0.1, 0.15) is 0 Å². The van der Waals surface area contributed by atoms with Gasteiger partial charge < -0.3 is 15.2 Å². The van der Waals surface area contributed by atoms with Crippen molar-refractivity contribution in [1.29, 1.82) is 0 Å². The van der Waals surface area contributed by atoms with Crippen LogP contribution in [0.5, 0.6) is 0 Å². The number of benzene rings is 2. The molecule has 1 aliphatic rings. The largest absolute Gasteiger partial charge is 0.361 e. The number of carbonyl (C=O) groups is 1. The number of amides is 2. The van der Waals surface area contributed by atoms with Crippen LogP contribution in [0.3, 0.4) is 0 Å². The van der Waals surface area contributed by atoms with Crippen molar-refractivity contribution >= 4 is 22.6 Å². The second-order valence-corrected chi connectivity index (χ2v) is 5.61. The fraction of sp³-hybridized carbons (Fsp3) is 0.167. The summed E-state index contributed by atoms with van der Waals surface area (Å²) >= 11 is 0. The van der Waals surface area contributed by atoms with Crippen LogP contribution in [0.2, 0.25) is 0 Å². The van der Waals surface area contributed by atoms with Crippen molar-refractivity contribution in [3.05, 3.63) is 65.9 Å². The number of urea groups is 1. The second kappa shape index (κ2) is 5.22. The Morgan fingerprint density at radius 1 is 1.05 bits per heavy atom. The van der Waals surface area contributed by atoms with Crippen molar-refractivity contribution in [2.75, 3.05) is 11.9 Å². The summed E-state index contributed by atoms with van der Waals surface area (Å²) in [5.41, 5.74) is 4.47. The molecule has 2 aromatic carbocycles. The van der Waals surface area contributed by atoms with Crippen LogP contribution in [-0.4, -0.2) is 22.5 Å². The molecule has 22 heavy (non-hydrogen) atoms. The van der Waals surface area contributed by atoms with Gasteiger partial charge in [-0.25, -0.2) is 4.79 Å². The maximum Gasteiger partial charge on any atom is 0.322 e. The first kappa shape index (κ1) is 13.0.